The molecule has 21 heavy (non-hydrogen) atoms. The van der Waals surface area contributed by atoms with Gasteiger partial charge in [0.15, 0.2) is 0 Å². The van der Waals surface area contributed by atoms with Gasteiger partial charge >= 0.3 is 5.97 Å². The summed E-state index contributed by atoms with van der Waals surface area (Å²) >= 11 is 0. The number of rotatable bonds is 5. The van der Waals surface area contributed by atoms with E-state index in [2.05, 4.69) is 0 Å². The number of aryl methyl sites for hydroxylation is 1. The Morgan fingerprint density at radius 1 is 1.19 bits per heavy atom. The van der Waals surface area contributed by atoms with Crippen molar-refractivity contribution in [3.05, 3.63) is 65.5 Å². The first-order valence-electron chi connectivity index (χ1n) is 6.63. The topological polar surface area (TPSA) is 35.5 Å². The van der Waals surface area contributed by atoms with Crippen molar-refractivity contribution in [3.63, 3.8) is 0 Å². The number of benzene rings is 2. The summed E-state index contributed by atoms with van der Waals surface area (Å²) in [5.41, 5.74) is 1.90. The lowest BCUT2D eigenvalue weighted by Crippen LogP contribution is -2.21. The second-order valence-corrected chi connectivity index (χ2v) is 4.75. The third-order valence-corrected chi connectivity index (χ3v) is 3.16. The first-order chi connectivity index (χ1) is 10.1. The van der Waals surface area contributed by atoms with E-state index >= 15 is 0 Å². The molecule has 0 aliphatic carbocycles. The maximum Gasteiger partial charge on any atom is 0.316 e. The molecule has 0 radical (unpaired) electrons. The second-order valence-electron chi connectivity index (χ2n) is 4.75. The summed E-state index contributed by atoms with van der Waals surface area (Å²) in [7, 11) is 1.35. The molecule has 0 aromatic heterocycles. The Bertz CT molecular complexity index is 608. The van der Waals surface area contributed by atoms with E-state index in [0.29, 0.717) is 5.75 Å². The Labute approximate surface area is 123 Å². The first-order valence-corrected chi connectivity index (χ1v) is 6.63. The van der Waals surface area contributed by atoms with Crippen molar-refractivity contribution in [2.24, 2.45) is 0 Å². The molecule has 0 aliphatic heterocycles. The predicted molar refractivity (Wildman–Crippen MR) is 77.8 cm³/mol. The molecule has 0 fully saturated rings. The molecular weight excluding hydrogens is 271 g/mol. The van der Waals surface area contributed by atoms with Crippen LogP contribution in [0.5, 0.6) is 5.75 Å². The zero-order valence-corrected chi connectivity index (χ0v) is 12.0. The van der Waals surface area contributed by atoms with E-state index < -0.39 is 5.92 Å². The molecule has 1 atom stereocenters. The molecule has 2 rings (SSSR count). The fraction of sp³-hybridized carbons (Fsp3) is 0.235. The van der Waals surface area contributed by atoms with Gasteiger partial charge in [-0.05, 0) is 36.8 Å². The van der Waals surface area contributed by atoms with Gasteiger partial charge in [-0.15, -0.1) is 0 Å². The number of esters is 1. The van der Waals surface area contributed by atoms with Gasteiger partial charge in [0.2, 0.25) is 0 Å². The van der Waals surface area contributed by atoms with E-state index in [1.807, 2.05) is 31.2 Å². The van der Waals surface area contributed by atoms with Crippen LogP contribution < -0.4 is 4.74 Å². The zero-order chi connectivity index (χ0) is 15.2. The van der Waals surface area contributed by atoms with Gasteiger partial charge in [0.25, 0.3) is 0 Å². The molecule has 0 amide bonds. The number of carbonyl (C=O) groups is 1. The van der Waals surface area contributed by atoms with E-state index in [1.54, 1.807) is 0 Å². The van der Waals surface area contributed by atoms with Crippen LogP contribution in [0.1, 0.15) is 17.0 Å². The molecule has 0 aliphatic rings. The van der Waals surface area contributed by atoms with Crippen LogP contribution in [0.4, 0.5) is 4.39 Å². The zero-order valence-electron chi connectivity index (χ0n) is 12.0. The lowest BCUT2D eigenvalue weighted by atomic mass is 9.98. The van der Waals surface area contributed by atoms with Gasteiger partial charge in [0.05, 0.1) is 7.11 Å². The second kappa shape index (κ2) is 6.88. The molecule has 0 heterocycles. The molecule has 0 spiro atoms. The summed E-state index contributed by atoms with van der Waals surface area (Å²) in [5.74, 6) is -0.689. The van der Waals surface area contributed by atoms with Crippen LogP contribution >= 0.6 is 0 Å². The third-order valence-electron chi connectivity index (χ3n) is 3.16. The van der Waals surface area contributed by atoms with Crippen molar-refractivity contribution in [2.45, 2.75) is 12.8 Å². The van der Waals surface area contributed by atoms with Gasteiger partial charge in [-0.3, -0.25) is 4.79 Å². The fourth-order valence-corrected chi connectivity index (χ4v) is 2.04. The summed E-state index contributed by atoms with van der Waals surface area (Å²) in [6.07, 6.45) is 0. The van der Waals surface area contributed by atoms with Gasteiger partial charge in [-0.2, -0.15) is 0 Å². The molecule has 0 saturated carbocycles. The molecule has 2 aromatic carbocycles. The predicted octanol–water partition coefficient (Wildman–Crippen LogP) is 3.47. The minimum atomic E-state index is -0.514. The first kappa shape index (κ1) is 15.0. The van der Waals surface area contributed by atoms with Gasteiger partial charge in [0, 0.05) is 0 Å². The number of ether oxygens (including phenoxy) is 2. The third kappa shape index (κ3) is 4.05. The summed E-state index contributed by atoms with van der Waals surface area (Å²) in [4.78, 5) is 11.9. The van der Waals surface area contributed by atoms with Crippen LogP contribution in [0.3, 0.4) is 0 Å². The quantitative estimate of drug-likeness (QED) is 0.790. The van der Waals surface area contributed by atoms with Crippen molar-refractivity contribution >= 4 is 5.97 Å². The van der Waals surface area contributed by atoms with E-state index in [1.165, 1.54) is 31.4 Å². The largest absolute Gasteiger partial charge is 0.492 e. The van der Waals surface area contributed by atoms with Gasteiger partial charge in [-0.1, -0.05) is 29.8 Å². The molecule has 0 N–H and O–H groups in total. The lowest BCUT2D eigenvalue weighted by molar-refractivity contribution is -0.143. The number of hydrogen-bond donors (Lipinski definition) is 0. The summed E-state index contributed by atoms with van der Waals surface area (Å²) in [6, 6.07) is 13.3. The Kier molecular flexibility index (Phi) is 4.93. The highest BCUT2D eigenvalue weighted by molar-refractivity contribution is 5.78. The molecule has 3 nitrogen and oxygen atoms in total. The highest BCUT2D eigenvalue weighted by Gasteiger charge is 2.22. The van der Waals surface area contributed by atoms with Crippen molar-refractivity contribution in [1.29, 1.82) is 0 Å². The van der Waals surface area contributed by atoms with Crippen LogP contribution in [0.25, 0.3) is 0 Å². The minimum Gasteiger partial charge on any atom is -0.492 e. The highest BCUT2D eigenvalue weighted by atomic mass is 19.1. The molecular formula is C17H17FO3. The average molecular weight is 288 g/mol. The van der Waals surface area contributed by atoms with Crippen molar-refractivity contribution < 1.29 is 18.7 Å². The van der Waals surface area contributed by atoms with Crippen LogP contribution in [-0.4, -0.2) is 19.7 Å². The van der Waals surface area contributed by atoms with E-state index in [0.717, 1.165) is 11.1 Å². The fourth-order valence-electron chi connectivity index (χ4n) is 2.04. The number of hydrogen-bond acceptors (Lipinski definition) is 3. The molecule has 0 saturated heterocycles. The number of methoxy groups -OCH3 is 1. The summed E-state index contributed by atoms with van der Waals surface area (Å²) in [5, 5.41) is 0. The lowest BCUT2D eigenvalue weighted by Gasteiger charge is -2.16. The van der Waals surface area contributed by atoms with E-state index in [4.69, 9.17) is 9.47 Å². The van der Waals surface area contributed by atoms with Crippen LogP contribution in [-0.2, 0) is 9.53 Å². The number of halogens is 1. The van der Waals surface area contributed by atoms with Crippen LogP contribution in [0.2, 0.25) is 0 Å². The van der Waals surface area contributed by atoms with Gasteiger partial charge in [-0.25, -0.2) is 4.39 Å². The Balaban J connectivity index is 2.13. The van der Waals surface area contributed by atoms with E-state index in [9.17, 15) is 9.18 Å². The van der Waals surface area contributed by atoms with E-state index in [-0.39, 0.29) is 18.4 Å². The molecule has 0 bridgehead atoms. The van der Waals surface area contributed by atoms with Crippen molar-refractivity contribution in [3.8, 4) is 5.75 Å². The van der Waals surface area contributed by atoms with Gasteiger partial charge in [0.1, 0.15) is 24.1 Å². The number of carbonyl (C=O) groups excluding carboxylic acids is 1. The maximum absolute atomic E-state index is 12.8. The molecule has 2 aromatic rings. The average Bonchev–Trinajstić information content (AvgIpc) is 2.49. The van der Waals surface area contributed by atoms with Crippen LogP contribution in [0, 0.1) is 12.7 Å². The normalized spacial score (nSPS) is 11.8. The monoisotopic (exact) mass is 288 g/mol. The molecule has 4 heteroatoms. The Morgan fingerprint density at radius 3 is 2.52 bits per heavy atom. The molecule has 110 valence electrons. The Morgan fingerprint density at radius 2 is 1.90 bits per heavy atom. The summed E-state index contributed by atoms with van der Waals surface area (Å²) < 4.78 is 23.3. The van der Waals surface area contributed by atoms with Crippen molar-refractivity contribution in [1.82, 2.24) is 0 Å². The maximum atomic E-state index is 12.8. The highest BCUT2D eigenvalue weighted by Crippen LogP contribution is 2.21. The van der Waals surface area contributed by atoms with Crippen molar-refractivity contribution in [2.75, 3.05) is 13.7 Å². The standard InChI is InChI=1S/C17H17FO3/c1-12-4-3-5-13(10-12)16(17(19)20-2)11-21-15-8-6-14(18)7-9-15/h3-10,16H,11H2,1-2H3. The van der Waals surface area contributed by atoms with Crippen LogP contribution in [0.15, 0.2) is 48.5 Å². The smallest absolute Gasteiger partial charge is 0.316 e. The molecule has 1 unspecified atom stereocenters. The SMILES string of the molecule is COC(=O)C(COc1ccc(F)cc1)c1cccc(C)c1. The Hall–Kier alpha value is -2.36. The minimum absolute atomic E-state index is 0.141. The summed E-state index contributed by atoms with van der Waals surface area (Å²) in [6.45, 7) is 2.10. The van der Waals surface area contributed by atoms with Gasteiger partial charge < -0.3 is 9.47 Å².